The molecule has 1 aromatic carbocycles. The summed E-state index contributed by atoms with van der Waals surface area (Å²) in [5, 5.41) is 3.32. The summed E-state index contributed by atoms with van der Waals surface area (Å²) in [6.07, 6.45) is 0.901. The number of sulfonamides is 1. The van der Waals surface area contributed by atoms with Crippen molar-refractivity contribution in [3.05, 3.63) is 28.2 Å². The van der Waals surface area contributed by atoms with Gasteiger partial charge in [-0.1, -0.05) is 19.9 Å². The highest BCUT2D eigenvalue weighted by Crippen LogP contribution is 2.25. The third-order valence-corrected chi connectivity index (χ3v) is 6.91. The second-order valence-electron chi connectivity index (χ2n) is 5.48. The molecule has 1 aliphatic rings. The fourth-order valence-electron chi connectivity index (χ4n) is 2.10. The van der Waals surface area contributed by atoms with Crippen LogP contribution in [0.5, 0.6) is 0 Å². The Morgan fingerprint density at radius 2 is 2.19 bits per heavy atom. The molecule has 1 heterocycles. The van der Waals surface area contributed by atoms with Gasteiger partial charge in [0, 0.05) is 28.9 Å². The standard InChI is InChI=1S/C14H21BrN2O2S2/c1-10(2)16-8-11-3-4-14(13(15)7-11)21(18,19)17-12-5-6-20-9-12/h3-4,7,10,12,16-17H,5-6,8-9H2,1-2H3. The van der Waals surface area contributed by atoms with Gasteiger partial charge in [0.25, 0.3) is 0 Å². The van der Waals surface area contributed by atoms with E-state index in [1.807, 2.05) is 12.1 Å². The Balaban J connectivity index is 2.11. The van der Waals surface area contributed by atoms with Crippen LogP contribution in [0, 0.1) is 0 Å². The molecule has 0 aromatic heterocycles. The average Bonchev–Trinajstić information content (AvgIpc) is 2.88. The fourth-order valence-corrected chi connectivity index (χ4v) is 5.76. The first kappa shape index (κ1) is 17.3. The molecule has 1 atom stereocenters. The van der Waals surface area contributed by atoms with Gasteiger partial charge in [-0.3, -0.25) is 0 Å². The van der Waals surface area contributed by atoms with Crippen molar-refractivity contribution in [1.82, 2.24) is 10.0 Å². The number of hydrogen-bond acceptors (Lipinski definition) is 4. The summed E-state index contributed by atoms with van der Waals surface area (Å²) in [6, 6.07) is 5.85. The largest absolute Gasteiger partial charge is 0.310 e. The molecule has 21 heavy (non-hydrogen) atoms. The number of hydrogen-bond donors (Lipinski definition) is 2. The van der Waals surface area contributed by atoms with E-state index in [-0.39, 0.29) is 6.04 Å². The minimum Gasteiger partial charge on any atom is -0.310 e. The average molecular weight is 393 g/mol. The van der Waals surface area contributed by atoms with Crippen LogP contribution in [0.3, 0.4) is 0 Å². The lowest BCUT2D eigenvalue weighted by Crippen LogP contribution is -2.34. The lowest BCUT2D eigenvalue weighted by molar-refractivity contribution is 0.562. The van der Waals surface area contributed by atoms with Gasteiger partial charge in [-0.05, 0) is 45.8 Å². The van der Waals surface area contributed by atoms with E-state index in [1.54, 1.807) is 17.8 Å². The summed E-state index contributed by atoms with van der Waals surface area (Å²) < 4.78 is 28.2. The summed E-state index contributed by atoms with van der Waals surface area (Å²) >= 11 is 5.17. The van der Waals surface area contributed by atoms with Crippen molar-refractivity contribution in [3.8, 4) is 0 Å². The maximum Gasteiger partial charge on any atom is 0.241 e. The van der Waals surface area contributed by atoms with E-state index in [0.717, 1.165) is 30.0 Å². The molecule has 0 radical (unpaired) electrons. The topological polar surface area (TPSA) is 58.2 Å². The molecule has 1 aromatic rings. The lowest BCUT2D eigenvalue weighted by Gasteiger charge is -2.14. The zero-order valence-electron chi connectivity index (χ0n) is 12.2. The van der Waals surface area contributed by atoms with Gasteiger partial charge in [0.05, 0.1) is 4.90 Å². The van der Waals surface area contributed by atoms with E-state index in [4.69, 9.17) is 0 Å². The van der Waals surface area contributed by atoms with Crippen molar-refractivity contribution < 1.29 is 8.42 Å². The highest BCUT2D eigenvalue weighted by atomic mass is 79.9. The number of rotatable bonds is 6. The van der Waals surface area contributed by atoms with Crippen LogP contribution in [-0.4, -0.2) is 32.0 Å². The third kappa shape index (κ3) is 4.96. The van der Waals surface area contributed by atoms with E-state index < -0.39 is 10.0 Å². The maximum atomic E-state index is 12.4. The second kappa shape index (κ2) is 7.46. The Kier molecular flexibility index (Phi) is 6.14. The zero-order valence-corrected chi connectivity index (χ0v) is 15.4. The number of halogens is 1. The van der Waals surface area contributed by atoms with Gasteiger partial charge < -0.3 is 5.32 Å². The van der Waals surface area contributed by atoms with Gasteiger partial charge in [0.1, 0.15) is 0 Å². The molecule has 0 aliphatic carbocycles. The molecule has 1 aliphatic heterocycles. The molecule has 2 rings (SSSR count). The predicted octanol–water partition coefficient (Wildman–Crippen LogP) is 2.73. The number of benzene rings is 1. The number of thioether (sulfide) groups is 1. The van der Waals surface area contributed by atoms with Gasteiger partial charge in [-0.15, -0.1) is 0 Å². The molecular weight excluding hydrogens is 372 g/mol. The minimum atomic E-state index is -3.45. The third-order valence-electron chi connectivity index (χ3n) is 3.25. The van der Waals surface area contributed by atoms with Crippen molar-refractivity contribution >= 4 is 37.7 Å². The zero-order chi connectivity index (χ0) is 15.5. The summed E-state index contributed by atoms with van der Waals surface area (Å²) in [4.78, 5) is 0.313. The minimum absolute atomic E-state index is 0.0502. The highest BCUT2D eigenvalue weighted by molar-refractivity contribution is 9.10. The molecule has 0 spiro atoms. The number of nitrogens with one attached hydrogen (secondary N) is 2. The molecule has 7 heteroatoms. The van der Waals surface area contributed by atoms with Gasteiger partial charge in [0.2, 0.25) is 10.0 Å². The smallest absolute Gasteiger partial charge is 0.241 e. The van der Waals surface area contributed by atoms with Gasteiger partial charge in [-0.25, -0.2) is 13.1 Å². The normalized spacial score (nSPS) is 19.3. The van der Waals surface area contributed by atoms with Crippen molar-refractivity contribution in [3.63, 3.8) is 0 Å². The SMILES string of the molecule is CC(C)NCc1ccc(S(=O)(=O)NC2CCSC2)c(Br)c1. The summed E-state index contributed by atoms with van der Waals surface area (Å²) in [6.45, 7) is 4.89. The first-order chi connectivity index (χ1) is 9.88. The highest BCUT2D eigenvalue weighted by Gasteiger charge is 2.24. The van der Waals surface area contributed by atoms with E-state index in [1.165, 1.54) is 0 Å². The fraction of sp³-hybridized carbons (Fsp3) is 0.571. The van der Waals surface area contributed by atoms with Gasteiger partial charge >= 0.3 is 0 Å². The van der Waals surface area contributed by atoms with Gasteiger partial charge in [0.15, 0.2) is 0 Å². The Labute approximate surface area is 139 Å². The Hall–Kier alpha value is -0.0800. The van der Waals surface area contributed by atoms with Gasteiger partial charge in [-0.2, -0.15) is 11.8 Å². The van der Waals surface area contributed by atoms with Crippen LogP contribution >= 0.6 is 27.7 Å². The molecule has 4 nitrogen and oxygen atoms in total. The molecule has 118 valence electrons. The first-order valence-corrected chi connectivity index (χ1v) is 10.4. The molecular formula is C14H21BrN2O2S2. The monoisotopic (exact) mass is 392 g/mol. The lowest BCUT2D eigenvalue weighted by atomic mass is 10.2. The van der Waals surface area contributed by atoms with E-state index in [0.29, 0.717) is 15.4 Å². The van der Waals surface area contributed by atoms with E-state index in [9.17, 15) is 8.42 Å². The van der Waals surface area contributed by atoms with Crippen molar-refractivity contribution in [2.45, 2.75) is 43.8 Å². The molecule has 0 saturated carbocycles. The molecule has 1 unspecified atom stereocenters. The van der Waals surface area contributed by atoms with E-state index in [2.05, 4.69) is 39.8 Å². The molecule has 0 bridgehead atoms. The van der Waals surface area contributed by atoms with Crippen LogP contribution in [0.25, 0.3) is 0 Å². The predicted molar refractivity (Wildman–Crippen MR) is 92.2 cm³/mol. The summed E-state index contributed by atoms with van der Waals surface area (Å²) in [5.74, 6) is 1.88. The Morgan fingerprint density at radius 1 is 1.43 bits per heavy atom. The Bertz CT molecular complexity index is 585. The molecule has 1 fully saturated rings. The van der Waals surface area contributed by atoms with Crippen LogP contribution in [-0.2, 0) is 16.6 Å². The van der Waals surface area contributed by atoms with Crippen LogP contribution in [0.4, 0.5) is 0 Å². The van der Waals surface area contributed by atoms with Crippen LogP contribution in [0.15, 0.2) is 27.6 Å². The molecule has 2 N–H and O–H groups in total. The maximum absolute atomic E-state index is 12.4. The van der Waals surface area contributed by atoms with Crippen molar-refractivity contribution in [1.29, 1.82) is 0 Å². The van der Waals surface area contributed by atoms with Crippen molar-refractivity contribution in [2.24, 2.45) is 0 Å². The quantitative estimate of drug-likeness (QED) is 0.781. The van der Waals surface area contributed by atoms with Crippen LogP contribution in [0.1, 0.15) is 25.8 Å². The Morgan fingerprint density at radius 3 is 2.76 bits per heavy atom. The van der Waals surface area contributed by atoms with Crippen molar-refractivity contribution in [2.75, 3.05) is 11.5 Å². The molecule has 1 saturated heterocycles. The van der Waals surface area contributed by atoms with E-state index >= 15 is 0 Å². The van der Waals surface area contributed by atoms with Crippen LogP contribution in [0.2, 0.25) is 0 Å². The van der Waals surface area contributed by atoms with Crippen LogP contribution < -0.4 is 10.0 Å². The molecule has 0 amide bonds. The first-order valence-electron chi connectivity index (χ1n) is 7.00. The summed E-state index contributed by atoms with van der Waals surface area (Å²) in [7, 11) is -3.45. The second-order valence-corrected chi connectivity index (χ2v) is 9.17. The summed E-state index contributed by atoms with van der Waals surface area (Å²) in [5.41, 5.74) is 1.06.